The molecule has 2 heteroatoms. The maximum Gasteiger partial charge on any atom is 0.150 e. The van der Waals surface area contributed by atoms with Gasteiger partial charge in [-0.05, 0) is 23.6 Å². The molecule has 0 saturated heterocycles. The van der Waals surface area contributed by atoms with Crippen molar-refractivity contribution in [3.8, 4) is 0 Å². The Morgan fingerprint density at radius 3 is 2.29 bits per heavy atom. The van der Waals surface area contributed by atoms with Gasteiger partial charge in [-0.25, -0.2) is 0 Å². The minimum atomic E-state index is 0.599. The van der Waals surface area contributed by atoms with E-state index in [0.29, 0.717) is 17.5 Å². The smallest absolute Gasteiger partial charge is 0.150 e. The molecule has 0 spiro atoms. The summed E-state index contributed by atoms with van der Waals surface area (Å²) in [5.41, 5.74) is 3.25. The molecule has 2 nitrogen and oxygen atoms in total. The Hall–Kier alpha value is -2.22. The number of rotatable bonds is 4. The van der Waals surface area contributed by atoms with Gasteiger partial charge < -0.3 is 0 Å². The summed E-state index contributed by atoms with van der Waals surface area (Å²) in [6, 6.07) is 15.0. The summed E-state index contributed by atoms with van der Waals surface area (Å²) in [5.74, 6) is 0. The number of carbonyl (C=O) groups excluding carboxylic acids is 2. The van der Waals surface area contributed by atoms with Crippen molar-refractivity contribution < 1.29 is 9.59 Å². The molecule has 0 heterocycles. The lowest BCUT2D eigenvalue weighted by Gasteiger charge is -2.05. The molecule has 0 amide bonds. The Labute approximate surface area is 99.9 Å². The Morgan fingerprint density at radius 2 is 1.65 bits per heavy atom. The summed E-state index contributed by atoms with van der Waals surface area (Å²) in [7, 11) is 0. The minimum absolute atomic E-state index is 0.599. The first-order valence-corrected chi connectivity index (χ1v) is 5.40. The number of carbonyl (C=O) groups is 2. The van der Waals surface area contributed by atoms with Crippen LogP contribution in [0.4, 0.5) is 0 Å². The summed E-state index contributed by atoms with van der Waals surface area (Å²) in [4.78, 5) is 21.7. The molecule has 2 aromatic carbocycles. The van der Waals surface area contributed by atoms with Crippen LogP contribution in [-0.4, -0.2) is 12.6 Å². The molecule has 0 N–H and O–H groups in total. The van der Waals surface area contributed by atoms with Crippen LogP contribution < -0.4 is 0 Å². The maximum atomic E-state index is 10.9. The lowest BCUT2D eigenvalue weighted by molar-refractivity contribution is 0.111. The van der Waals surface area contributed by atoms with Gasteiger partial charge in [-0.1, -0.05) is 42.5 Å². The van der Waals surface area contributed by atoms with E-state index in [2.05, 4.69) is 0 Å². The molecule has 2 rings (SSSR count). The average Bonchev–Trinajstić information content (AvgIpc) is 2.40. The van der Waals surface area contributed by atoms with Gasteiger partial charge >= 0.3 is 0 Å². The largest absolute Gasteiger partial charge is 0.298 e. The van der Waals surface area contributed by atoms with Gasteiger partial charge in [-0.15, -0.1) is 0 Å². The fourth-order valence-corrected chi connectivity index (χ4v) is 1.78. The highest BCUT2D eigenvalue weighted by Gasteiger charge is 2.04. The first-order chi connectivity index (χ1) is 8.33. The predicted molar refractivity (Wildman–Crippen MR) is 66.5 cm³/mol. The Morgan fingerprint density at radius 1 is 0.882 bits per heavy atom. The number of hydrogen-bond acceptors (Lipinski definition) is 2. The van der Waals surface area contributed by atoms with E-state index in [0.717, 1.165) is 23.7 Å². The van der Waals surface area contributed by atoms with E-state index in [1.807, 2.05) is 30.3 Å². The van der Waals surface area contributed by atoms with Crippen molar-refractivity contribution in [2.45, 2.75) is 6.42 Å². The average molecular weight is 224 g/mol. The van der Waals surface area contributed by atoms with E-state index in [1.165, 1.54) is 0 Å². The van der Waals surface area contributed by atoms with E-state index in [4.69, 9.17) is 0 Å². The molecule has 0 bridgehead atoms. The van der Waals surface area contributed by atoms with Gasteiger partial charge in [0.1, 0.15) is 12.6 Å². The molecular formula is C15H12O2. The summed E-state index contributed by atoms with van der Waals surface area (Å²) in [6.45, 7) is 0. The van der Waals surface area contributed by atoms with E-state index < -0.39 is 0 Å². The normalized spacial score (nSPS) is 9.88. The van der Waals surface area contributed by atoms with Gasteiger partial charge in [-0.3, -0.25) is 9.59 Å². The van der Waals surface area contributed by atoms with Crippen LogP contribution in [0.3, 0.4) is 0 Å². The molecule has 0 aromatic heterocycles. The minimum Gasteiger partial charge on any atom is -0.298 e. The molecule has 0 fully saturated rings. The molecule has 0 aliphatic carbocycles. The molecule has 0 atom stereocenters. The third kappa shape index (κ3) is 2.67. The molecule has 84 valence electrons. The SMILES string of the molecule is O=Cc1ccc(C=O)c(Cc2ccccc2)c1. The summed E-state index contributed by atoms with van der Waals surface area (Å²) < 4.78 is 0. The van der Waals surface area contributed by atoms with E-state index in [-0.39, 0.29) is 0 Å². The third-order valence-electron chi connectivity index (χ3n) is 2.67. The van der Waals surface area contributed by atoms with E-state index in [1.54, 1.807) is 18.2 Å². The van der Waals surface area contributed by atoms with Crippen LogP contribution in [0, 0.1) is 0 Å². The molecule has 0 aliphatic rings. The second-order valence-electron chi connectivity index (χ2n) is 3.86. The second kappa shape index (κ2) is 5.21. The lowest BCUT2D eigenvalue weighted by Crippen LogP contribution is -1.96. The van der Waals surface area contributed by atoms with Crippen molar-refractivity contribution in [3.05, 3.63) is 70.8 Å². The topological polar surface area (TPSA) is 34.1 Å². The highest BCUT2D eigenvalue weighted by Crippen LogP contribution is 2.14. The lowest BCUT2D eigenvalue weighted by atomic mass is 9.98. The molecule has 2 aromatic rings. The van der Waals surface area contributed by atoms with Crippen molar-refractivity contribution in [1.82, 2.24) is 0 Å². The van der Waals surface area contributed by atoms with Crippen molar-refractivity contribution in [2.24, 2.45) is 0 Å². The summed E-state index contributed by atoms with van der Waals surface area (Å²) in [5, 5.41) is 0. The number of benzene rings is 2. The van der Waals surface area contributed by atoms with Gasteiger partial charge in [0, 0.05) is 11.1 Å². The van der Waals surface area contributed by atoms with Crippen molar-refractivity contribution in [1.29, 1.82) is 0 Å². The van der Waals surface area contributed by atoms with Crippen molar-refractivity contribution in [2.75, 3.05) is 0 Å². The standard InChI is InChI=1S/C15H12O2/c16-10-13-6-7-14(11-17)15(9-13)8-12-4-2-1-3-5-12/h1-7,9-11H,8H2. The van der Waals surface area contributed by atoms with E-state index in [9.17, 15) is 9.59 Å². The van der Waals surface area contributed by atoms with Gasteiger partial charge in [0.2, 0.25) is 0 Å². The van der Waals surface area contributed by atoms with Crippen LogP contribution in [0.25, 0.3) is 0 Å². The van der Waals surface area contributed by atoms with E-state index >= 15 is 0 Å². The zero-order chi connectivity index (χ0) is 12.1. The van der Waals surface area contributed by atoms with Gasteiger partial charge in [-0.2, -0.15) is 0 Å². The van der Waals surface area contributed by atoms with Crippen LogP contribution in [0.5, 0.6) is 0 Å². The summed E-state index contributed by atoms with van der Waals surface area (Å²) >= 11 is 0. The number of hydrogen-bond donors (Lipinski definition) is 0. The molecule has 0 saturated carbocycles. The van der Waals surface area contributed by atoms with Gasteiger partial charge in [0.25, 0.3) is 0 Å². The Balaban J connectivity index is 2.36. The van der Waals surface area contributed by atoms with Crippen molar-refractivity contribution in [3.63, 3.8) is 0 Å². The fourth-order valence-electron chi connectivity index (χ4n) is 1.78. The van der Waals surface area contributed by atoms with Crippen LogP contribution >= 0.6 is 0 Å². The first-order valence-electron chi connectivity index (χ1n) is 5.40. The second-order valence-corrected chi connectivity index (χ2v) is 3.86. The first kappa shape index (κ1) is 11.3. The molecule has 0 radical (unpaired) electrons. The molecule has 0 unspecified atom stereocenters. The highest BCUT2D eigenvalue weighted by atomic mass is 16.1. The molecule has 0 aliphatic heterocycles. The maximum absolute atomic E-state index is 10.9. The van der Waals surface area contributed by atoms with Crippen LogP contribution in [0.1, 0.15) is 31.8 Å². The highest BCUT2D eigenvalue weighted by molar-refractivity contribution is 5.82. The molecular weight excluding hydrogens is 212 g/mol. The fraction of sp³-hybridized carbons (Fsp3) is 0.0667. The Kier molecular flexibility index (Phi) is 3.46. The van der Waals surface area contributed by atoms with Crippen LogP contribution in [-0.2, 0) is 6.42 Å². The van der Waals surface area contributed by atoms with Crippen LogP contribution in [0.2, 0.25) is 0 Å². The third-order valence-corrected chi connectivity index (χ3v) is 2.67. The number of aldehydes is 2. The summed E-state index contributed by atoms with van der Waals surface area (Å²) in [6.07, 6.45) is 2.28. The molecule has 17 heavy (non-hydrogen) atoms. The van der Waals surface area contributed by atoms with Gasteiger partial charge in [0.05, 0.1) is 0 Å². The van der Waals surface area contributed by atoms with Crippen LogP contribution in [0.15, 0.2) is 48.5 Å². The van der Waals surface area contributed by atoms with Crippen molar-refractivity contribution >= 4 is 12.6 Å². The van der Waals surface area contributed by atoms with Gasteiger partial charge in [0.15, 0.2) is 0 Å². The predicted octanol–water partition coefficient (Wildman–Crippen LogP) is 2.90. The Bertz CT molecular complexity index is 530. The quantitative estimate of drug-likeness (QED) is 0.748. The zero-order valence-corrected chi connectivity index (χ0v) is 9.30. The monoisotopic (exact) mass is 224 g/mol. The zero-order valence-electron chi connectivity index (χ0n) is 9.30.